The molecule has 0 unspecified atom stereocenters. The van der Waals surface area contributed by atoms with Crippen LogP contribution in [0.4, 0.5) is 0 Å². The Labute approximate surface area is 183 Å². The minimum Gasteiger partial charge on any atom is -0.463 e. The van der Waals surface area contributed by atoms with Crippen molar-refractivity contribution in [3.05, 3.63) is 41.0 Å². The molecule has 0 aliphatic carbocycles. The topological polar surface area (TPSA) is 52.6 Å². The lowest BCUT2D eigenvalue weighted by Crippen LogP contribution is -2.09. The Morgan fingerprint density at radius 1 is 0.833 bits per heavy atom. The van der Waals surface area contributed by atoms with Crippen LogP contribution in [-0.4, -0.2) is 25.2 Å². The van der Waals surface area contributed by atoms with Gasteiger partial charge >= 0.3 is 11.9 Å². The lowest BCUT2D eigenvalue weighted by molar-refractivity contribution is -0.137. The minimum absolute atomic E-state index is 0.286. The normalized spacial score (nSPS) is 11.4. The molecule has 0 spiro atoms. The maximum absolute atomic E-state index is 12.6. The molecule has 30 heavy (non-hydrogen) atoms. The lowest BCUT2D eigenvalue weighted by Gasteiger charge is -2.14. The number of esters is 2. The number of rotatable bonds is 15. The Hall–Kier alpha value is -2.10. The molecule has 0 saturated heterocycles. The number of allylic oxidation sites excluding steroid dienone is 1. The van der Waals surface area contributed by atoms with Gasteiger partial charge in [0.15, 0.2) is 0 Å². The van der Waals surface area contributed by atoms with Gasteiger partial charge in [0.2, 0.25) is 0 Å². The number of hydrogen-bond donors (Lipinski definition) is 0. The van der Waals surface area contributed by atoms with E-state index in [1.54, 1.807) is 13.0 Å². The van der Waals surface area contributed by atoms with Gasteiger partial charge in [0.25, 0.3) is 0 Å². The first-order valence-corrected chi connectivity index (χ1v) is 11.7. The molecule has 4 heteroatoms. The molecule has 1 rings (SSSR count). The van der Waals surface area contributed by atoms with Crippen LogP contribution in [0, 0.1) is 0 Å². The van der Waals surface area contributed by atoms with Crippen LogP contribution in [0.15, 0.2) is 24.3 Å². The number of aryl methyl sites for hydroxylation is 1. The van der Waals surface area contributed by atoms with Gasteiger partial charge in [-0.2, -0.15) is 0 Å². The second-order valence-electron chi connectivity index (χ2n) is 7.64. The highest BCUT2D eigenvalue weighted by atomic mass is 16.5. The summed E-state index contributed by atoms with van der Waals surface area (Å²) in [6, 6.07) is 5.96. The average molecular weight is 417 g/mol. The van der Waals surface area contributed by atoms with Crippen LogP contribution in [0.25, 0.3) is 5.57 Å². The summed E-state index contributed by atoms with van der Waals surface area (Å²) in [4.78, 5) is 24.7. The summed E-state index contributed by atoms with van der Waals surface area (Å²) in [6.45, 7) is 8.70. The van der Waals surface area contributed by atoms with Crippen LogP contribution in [0.5, 0.6) is 0 Å². The number of benzene rings is 1. The zero-order valence-corrected chi connectivity index (χ0v) is 19.4. The molecular formula is C26H40O4. The zero-order valence-electron chi connectivity index (χ0n) is 19.4. The number of carbonyl (C=O) groups excluding carboxylic acids is 2. The third kappa shape index (κ3) is 9.60. The molecule has 0 amide bonds. The second kappa shape index (κ2) is 15.7. The van der Waals surface area contributed by atoms with E-state index in [0.29, 0.717) is 18.8 Å². The molecule has 0 radical (unpaired) electrons. The second-order valence-corrected chi connectivity index (χ2v) is 7.64. The number of hydrogen-bond acceptors (Lipinski definition) is 4. The highest BCUT2D eigenvalue weighted by molar-refractivity contribution is 5.95. The molecule has 1 aromatic rings. The molecule has 0 aliphatic rings. The van der Waals surface area contributed by atoms with E-state index in [1.807, 2.05) is 25.1 Å². The first-order chi connectivity index (χ1) is 14.6. The van der Waals surface area contributed by atoms with Gasteiger partial charge in [-0.15, -0.1) is 0 Å². The third-order valence-corrected chi connectivity index (χ3v) is 5.15. The molecule has 168 valence electrons. The quantitative estimate of drug-likeness (QED) is 0.177. The van der Waals surface area contributed by atoms with Crippen molar-refractivity contribution in [1.82, 2.24) is 0 Å². The molecule has 1 aromatic carbocycles. The van der Waals surface area contributed by atoms with Crippen molar-refractivity contribution in [3.63, 3.8) is 0 Å². The van der Waals surface area contributed by atoms with Crippen LogP contribution in [-0.2, 0) is 20.7 Å². The largest absolute Gasteiger partial charge is 0.463 e. The van der Waals surface area contributed by atoms with Gasteiger partial charge in [0, 0.05) is 6.08 Å². The summed E-state index contributed by atoms with van der Waals surface area (Å²) in [7, 11) is 0. The smallest absolute Gasteiger partial charge is 0.338 e. The summed E-state index contributed by atoms with van der Waals surface area (Å²) < 4.78 is 10.4. The molecule has 0 N–H and O–H groups in total. The van der Waals surface area contributed by atoms with Crippen LogP contribution < -0.4 is 0 Å². The molecule has 0 saturated carbocycles. The Morgan fingerprint density at radius 2 is 1.50 bits per heavy atom. The predicted molar refractivity (Wildman–Crippen MR) is 124 cm³/mol. The van der Waals surface area contributed by atoms with Crippen molar-refractivity contribution in [1.29, 1.82) is 0 Å². The standard InChI is InChI=1S/C26H40O4/c1-5-9-11-13-15-21-17-18-23(19-24(21)26(28)30-8-4)22(16-14-12-10-6-2)20-25(27)29-7-3/h17-20H,5-16H2,1-4H3/b22-20+. The van der Waals surface area contributed by atoms with E-state index in [0.717, 1.165) is 61.6 Å². The van der Waals surface area contributed by atoms with Crippen molar-refractivity contribution in [2.45, 2.75) is 91.9 Å². The predicted octanol–water partition coefficient (Wildman–Crippen LogP) is 6.90. The molecule has 4 nitrogen and oxygen atoms in total. The van der Waals surface area contributed by atoms with Crippen molar-refractivity contribution >= 4 is 17.5 Å². The van der Waals surface area contributed by atoms with Crippen LogP contribution in [0.1, 0.15) is 107 Å². The fourth-order valence-electron chi connectivity index (χ4n) is 3.50. The SMILES string of the molecule is CCCCCC/C(=C\C(=O)OCC)c1ccc(CCCCCC)c(C(=O)OCC)c1. The summed E-state index contributed by atoms with van der Waals surface area (Å²) in [5, 5.41) is 0. The highest BCUT2D eigenvalue weighted by Gasteiger charge is 2.15. The van der Waals surface area contributed by atoms with Crippen LogP contribution >= 0.6 is 0 Å². The number of ether oxygens (including phenoxy) is 2. The van der Waals surface area contributed by atoms with Crippen LogP contribution in [0.2, 0.25) is 0 Å². The molecule has 0 bridgehead atoms. The van der Waals surface area contributed by atoms with Crippen molar-refractivity contribution in [3.8, 4) is 0 Å². The van der Waals surface area contributed by atoms with Gasteiger partial charge in [-0.3, -0.25) is 0 Å². The Balaban J connectivity index is 3.16. The first-order valence-electron chi connectivity index (χ1n) is 11.7. The Kier molecular flexibility index (Phi) is 13.6. The van der Waals surface area contributed by atoms with Gasteiger partial charge < -0.3 is 9.47 Å². The Morgan fingerprint density at radius 3 is 2.13 bits per heavy atom. The monoisotopic (exact) mass is 416 g/mol. The van der Waals surface area contributed by atoms with E-state index in [-0.39, 0.29) is 11.9 Å². The van der Waals surface area contributed by atoms with Gasteiger partial charge in [-0.05, 0) is 62.3 Å². The molecule has 0 atom stereocenters. The summed E-state index contributed by atoms with van der Waals surface area (Å²) >= 11 is 0. The fraction of sp³-hybridized carbons (Fsp3) is 0.615. The van der Waals surface area contributed by atoms with E-state index in [4.69, 9.17) is 9.47 Å². The van der Waals surface area contributed by atoms with Gasteiger partial charge in [0.05, 0.1) is 18.8 Å². The number of unbranched alkanes of at least 4 members (excludes halogenated alkanes) is 6. The summed E-state index contributed by atoms with van der Waals surface area (Å²) in [5.74, 6) is -0.615. The van der Waals surface area contributed by atoms with Crippen LogP contribution in [0.3, 0.4) is 0 Å². The van der Waals surface area contributed by atoms with Crippen molar-refractivity contribution in [2.75, 3.05) is 13.2 Å². The molecular weight excluding hydrogens is 376 g/mol. The van der Waals surface area contributed by atoms with Gasteiger partial charge in [0.1, 0.15) is 0 Å². The fourth-order valence-corrected chi connectivity index (χ4v) is 3.50. The first kappa shape index (κ1) is 25.9. The third-order valence-electron chi connectivity index (χ3n) is 5.15. The Bertz CT molecular complexity index is 676. The lowest BCUT2D eigenvalue weighted by atomic mass is 9.93. The van der Waals surface area contributed by atoms with E-state index in [9.17, 15) is 9.59 Å². The van der Waals surface area contributed by atoms with Crippen molar-refractivity contribution in [2.24, 2.45) is 0 Å². The van der Waals surface area contributed by atoms with E-state index in [1.165, 1.54) is 19.3 Å². The van der Waals surface area contributed by atoms with E-state index < -0.39 is 0 Å². The molecule has 0 aliphatic heterocycles. The van der Waals surface area contributed by atoms with E-state index >= 15 is 0 Å². The maximum Gasteiger partial charge on any atom is 0.338 e. The number of carbonyl (C=O) groups is 2. The highest BCUT2D eigenvalue weighted by Crippen LogP contribution is 2.26. The van der Waals surface area contributed by atoms with Gasteiger partial charge in [-0.25, -0.2) is 9.59 Å². The zero-order chi connectivity index (χ0) is 22.2. The van der Waals surface area contributed by atoms with Gasteiger partial charge in [-0.1, -0.05) is 64.5 Å². The minimum atomic E-state index is -0.329. The molecule has 0 fully saturated rings. The maximum atomic E-state index is 12.6. The average Bonchev–Trinajstić information content (AvgIpc) is 2.74. The van der Waals surface area contributed by atoms with E-state index in [2.05, 4.69) is 13.8 Å². The summed E-state index contributed by atoms with van der Waals surface area (Å²) in [6.07, 6.45) is 12.3. The van der Waals surface area contributed by atoms with Crippen molar-refractivity contribution < 1.29 is 19.1 Å². The molecule has 0 heterocycles. The molecule has 0 aromatic heterocycles. The summed E-state index contributed by atoms with van der Waals surface area (Å²) in [5.41, 5.74) is 3.47.